The van der Waals surface area contributed by atoms with Crippen molar-refractivity contribution in [2.45, 2.75) is 164 Å². The van der Waals surface area contributed by atoms with Crippen molar-refractivity contribution in [3.8, 4) is 0 Å². The molecule has 0 aliphatic carbocycles. The molecule has 0 fully saturated rings. The predicted molar refractivity (Wildman–Crippen MR) is 153 cm³/mol. The van der Waals surface area contributed by atoms with Gasteiger partial charge in [-0.3, -0.25) is 9.59 Å². The molecule has 0 aromatic carbocycles. The lowest BCUT2D eigenvalue weighted by molar-refractivity contribution is -0.158. The van der Waals surface area contributed by atoms with Crippen molar-refractivity contribution in [1.82, 2.24) is 0 Å². The number of carbonyl (C=O) groups is 2. The molecule has 0 rings (SSSR count). The van der Waals surface area contributed by atoms with Gasteiger partial charge in [0.15, 0.2) is 0 Å². The van der Waals surface area contributed by atoms with E-state index in [2.05, 4.69) is 6.92 Å². The third-order valence-corrected chi connectivity index (χ3v) is 6.47. The Bertz CT molecular complexity index is 541. The smallest absolute Gasteiger partial charge is 0.309 e. The molecule has 1 unspecified atom stereocenters. The molecule has 4 heteroatoms. The lowest BCUT2D eigenvalue weighted by atomic mass is 9.95. The van der Waals surface area contributed by atoms with Gasteiger partial charge in [0.05, 0.1) is 25.6 Å². The van der Waals surface area contributed by atoms with E-state index in [0.717, 1.165) is 12.8 Å². The van der Waals surface area contributed by atoms with Crippen LogP contribution in [0.15, 0.2) is 0 Å². The van der Waals surface area contributed by atoms with Gasteiger partial charge in [0, 0.05) is 0 Å². The van der Waals surface area contributed by atoms with Gasteiger partial charge < -0.3 is 9.47 Å². The van der Waals surface area contributed by atoms with Gasteiger partial charge in [-0.1, -0.05) is 151 Å². The summed E-state index contributed by atoms with van der Waals surface area (Å²) in [5.41, 5.74) is -0.160. The molecule has 214 valence electrons. The van der Waals surface area contributed by atoms with Gasteiger partial charge in [-0.2, -0.15) is 0 Å². The first-order valence-electron chi connectivity index (χ1n) is 15.3. The topological polar surface area (TPSA) is 52.6 Å². The minimum atomic E-state index is -0.397. The summed E-state index contributed by atoms with van der Waals surface area (Å²) in [5, 5.41) is 0. The van der Waals surface area contributed by atoms with E-state index >= 15 is 0 Å². The van der Waals surface area contributed by atoms with Gasteiger partial charge in [-0.15, -0.1) is 0 Å². The summed E-state index contributed by atoms with van der Waals surface area (Å²) in [6, 6.07) is 0. The molecule has 0 spiro atoms. The first-order valence-corrected chi connectivity index (χ1v) is 15.3. The van der Waals surface area contributed by atoms with Crippen LogP contribution in [0.5, 0.6) is 0 Å². The van der Waals surface area contributed by atoms with Crippen molar-refractivity contribution < 1.29 is 19.1 Å². The molecule has 0 aromatic heterocycles. The fourth-order valence-corrected chi connectivity index (χ4v) is 4.20. The molecule has 0 N–H and O–H groups in total. The van der Waals surface area contributed by atoms with Crippen LogP contribution in [0.1, 0.15) is 164 Å². The molecule has 36 heavy (non-hydrogen) atoms. The van der Waals surface area contributed by atoms with E-state index in [4.69, 9.17) is 9.47 Å². The molecule has 0 aromatic rings. The summed E-state index contributed by atoms with van der Waals surface area (Å²) in [6.07, 6.45) is 22.0. The zero-order chi connectivity index (χ0) is 27.3. The minimum Gasteiger partial charge on any atom is -0.465 e. The third kappa shape index (κ3) is 24.6. The second-order valence-electron chi connectivity index (χ2n) is 13.4. The minimum absolute atomic E-state index is 0.0776. The number of hydrogen-bond acceptors (Lipinski definition) is 4. The lowest BCUT2D eigenvalue weighted by Crippen LogP contribution is -2.27. The standard InChI is InChI=1S/C32H62O4/c1-8-9-10-11-12-13-14-15-16-17-18-19-20-21-22-23-24-28(30(34)36-27-32(5,6)7)25-29(33)35-26-31(2,3)4/h28H,8-27H2,1-7H3. The van der Waals surface area contributed by atoms with Crippen molar-refractivity contribution in [2.24, 2.45) is 16.7 Å². The van der Waals surface area contributed by atoms with E-state index in [1.54, 1.807) is 0 Å². The summed E-state index contributed by atoms with van der Waals surface area (Å²) in [4.78, 5) is 25.0. The highest BCUT2D eigenvalue weighted by molar-refractivity contribution is 5.80. The monoisotopic (exact) mass is 510 g/mol. The SMILES string of the molecule is CCCCCCCCCCCCCCCCCCC(CC(=O)OCC(C)(C)C)C(=O)OCC(C)(C)C. The van der Waals surface area contributed by atoms with E-state index in [0.29, 0.717) is 19.6 Å². The summed E-state index contributed by atoms with van der Waals surface area (Å²) in [5.74, 6) is -0.941. The molecule has 0 heterocycles. The second kappa shape index (κ2) is 20.9. The van der Waals surface area contributed by atoms with Crippen LogP contribution in [0.3, 0.4) is 0 Å². The molecule has 0 bridgehead atoms. The number of carbonyl (C=O) groups excluding carboxylic acids is 2. The van der Waals surface area contributed by atoms with E-state index in [9.17, 15) is 9.59 Å². The lowest BCUT2D eigenvalue weighted by Gasteiger charge is -2.22. The van der Waals surface area contributed by atoms with Crippen LogP contribution in [-0.4, -0.2) is 25.2 Å². The maximum absolute atomic E-state index is 12.7. The van der Waals surface area contributed by atoms with Crippen LogP contribution in [0.4, 0.5) is 0 Å². The molecule has 4 nitrogen and oxygen atoms in total. The Kier molecular flexibility index (Phi) is 20.3. The Morgan fingerprint density at radius 2 is 0.917 bits per heavy atom. The molecule has 1 atom stereocenters. The maximum Gasteiger partial charge on any atom is 0.309 e. The van der Waals surface area contributed by atoms with Gasteiger partial charge in [-0.25, -0.2) is 0 Å². The van der Waals surface area contributed by atoms with Gasteiger partial charge in [0.2, 0.25) is 0 Å². The molecule has 0 amide bonds. The number of ether oxygens (including phenoxy) is 2. The number of hydrogen-bond donors (Lipinski definition) is 0. The number of esters is 2. The van der Waals surface area contributed by atoms with Crippen LogP contribution in [0, 0.1) is 16.7 Å². The highest BCUT2D eigenvalue weighted by Gasteiger charge is 2.26. The maximum atomic E-state index is 12.7. The summed E-state index contributed by atoms with van der Waals surface area (Å²) < 4.78 is 11.0. The van der Waals surface area contributed by atoms with Crippen LogP contribution < -0.4 is 0 Å². The Labute approximate surface area is 225 Å². The molecule has 0 saturated heterocycles. The fraction of sp³-hybridized carbons (Fsp3) is 0.938. The first-order chi connectivity index (χ1) is 16.9. The highest BCUT2D eigenvalue weighted by Crippen LogP contribution is 2.22. The molecule has 0 aliphatic heterocycles. The van der Waals surface area contributed by atoms with Crippen molar-refractivity contribution in [2.75, 3.05) is 13.2 Å². The molecule has 0 saturated carbocycles. The predicted octanol–water partition coefficient (Wildman–Crippen LogP) is 9.82. The quantitative estimate of drug-likeness (QED) is 0.107. The van der Waals surface area contributed by atoms with E-state index in [-0.39, 0.29) is 29.2 Å². The van der Waals surface area contributed by atoms with Crippen LogP contribution in [-0.2, 0) is 19.1 Å². The Morgan fingerprint density at radius 3 is 1.31 bits per heavy atom. The van der Waals surface area contributed by atoms with Crippen molar-refractivity contribution >= 4 is 11.9 Å². The van der Waals surface area contributed by atoms with E-state index in [1.165, 1.54) is 89.9 Å². The van der Waals surface area contributed by atoms with Crippen molar-refractivity contribution in [1.29, 1.82) is 0 Å². The second-order valence-corrected chi connectivity index (χ2v) is 13.4. The summed E-state index contributed by atoms with van der Waals surface area (Å²) in [7, 11) is 0. The number of unbranched alkanes of at least 4 members (excludes halogenated alkanes) is 15. The average Bonchev–Trinajstić information content (AvgIpc) is 2.79. The average molecular weight is 511 g/mol. The van der Waals surface area contributed by atoms with Crippen LogP contribution in [0.25, 0.3) is 0 Å². The van der Waals surface area contributed by atoms with Crippen molar-refractivity contribution in [3.63, 3.8) is 0 Å². The fourth-order valence-electron chi connectivity index (χ4n) is 4.20. The third-order valence-electron chi connectivity index (χ3n) is 6.47. The number of rotatable bonds is 22. The van der Waals surface area contributed by atoms with Crippen LogP contribution in [0.2, 0.25) is 0 Å². The van der Waals surface area contributed by atoms with E-state index < -0.39 is 5.92 Å². The molecular weight excluding hydrogens is 448 g/mol. The summed E-state index contributed by atoms with van der Waals surface area (Å²) >= 11 is 0. The molecule has 0 aliphatic rings. The van der Waals surface area contributed by atoms with Gasteiger partial charge in [0.25, 0.3) is 0 Å². The van der Waals surface area contributed by atoms with E-state index in [1.807, 2.05) is 41.5 Å². The molecule has 0 radical (unpaired) electrons. The van der Waals surface area contributed by atoms with Gasteiger partial charge in [0.1, 0.15) is 0 Å². The van der Waals surface area contributed by atoms with Crippen molar-refractivity contribution in [3.05, 3.63) is 0 Å². The largest absolute Gasteiger partial charge is 0.465 e. The highest BCUT2D eigenvalue weighted by atomic mass is 16.5. The van der Waals surface area contributed by atoms with Crippen LogP contribution >= 0.6 is 0 Å². The summed E-state index contributed by atoms with van der Waals surface area (Å²) in [6.45, 7) is 15.3. The molecular formula is C32H62O4. The van der Waals surface area contributed by atoms with Gasteiger partial charge in [-0.05, 0) is 17.3 Å². The zero-order valence-corrected chi connectivity index (χ0v) is 25.4. The Balaban J connectivity index is 4.01. The zero-order valence-electron chi connectivity index (χ0n) is 25.4. The van der Waals surface area contributed by atoms with Gasteiger partial charge >= 0.3 is 11.9 Å². The Hall–Kier alpha value is -1.06. The first kappa shape index (κ1) is 34.9. The normalized spacial score (nSPS) is 13.0. The Morgan fingerprint density at radius 1 is 0.556 bits per heavy atom.